The summed E-state index contributed by atoms with van der Waals surface area (Å²) in [6.45, 7) is 11.7. The molecule has 1 N–H and O–H groups in total. The van der Waals surface area contributed by atoms with Crippen LogP contribution >= 0.6 is 0 Å². The summed E-state index contributed by atoms with van der Waals surface area (Å²) in [4.78, 5) is 30.0. The molecule has 2 aromatic rings. The summed E-state index contributed by atoms with van der Waals surface area (Å²) in [5.41, 5.74) is 1.66. The number of hydrogen-bond donors (Lipinski definition) is 1. The van der Waals surface area contributed by atoms with Gasteiger partial charge in [0.05, 0.1) is 18.8 Å². The fourth-order valence-electron chi connectivity index (χ4n) is 3.48. The first-order valence-corrected chi connectivity index (χ1v) is 11.4. The third kappa shape index (κ3) is 7.04. The summed E-state index contributed by atoms with van der Waals surface area (Å²) in [5, 5.41) is 2.94. The summed E-state index contributed by atoms with van der Waals surface area (Å²) in [6.07, 6.45) is 2.72. The number of para-hydroxylation sites is 2. The molecule has 176 valence electrons. The van der Waals surface area contributed by atoms with Gasteiger partial charge in [0.25, 0.3) is 0 Å². The van der Waals surface area contributed by atoms with Crippen molar-refractivity contribution < 1.29 is 14.3 Å². The van der Waals surface area contributed by atoms with Crippen LogP contribution in [0.1, 0.15) is 46.7 Å². The van der Waals surface area contributed by atoms with Crippen molar-refractivity contribution in [3.8, 4) is 5.75 Å². The van der Waals surface area contributed by atoms with Crippen LogP contribution in [0, 0.1) is 5.92 Å². The summed E-state index contributed by atoms with van der Waals surface area (Å²) < 4.78 is 7.64. The van der Waals surface area contributed by atoms with Crippen molar-refractivity contribution in [3.05, 3.63) is 48.3 Å². The van der Waals surface area contributed by atoms with Gasteiger partial charge in [-0.05, 0) is 50.5 Å². The Labute approximate surface area is 192 Å². The van der Waals surface area contributed by atoms with Crippen molar-refractivity contribution in [1.82, 2.24) is 14.4 Å². The molecule has 0 aliphatic heterocycles. The van der Waals surface area contributed by atoms with Crippen molar-refractivity contribution in [2.24, 2.45) is 13.0 Å². The molecule has 0 aliphatic rings. The van der Waals surface area contributed by atoms with Gasteiger partial charge >= 0.3 is 6.03 Å². The van der Waals surface area contributed by atoms with Gasteiger partial charge in [-0.1, -0.05) is 32.9 Å². The van der Waals surface area contributed by atoms with Crippen LogP contribution in [0.3, 0.4) is 0 Å². The Bertz CT molecular complexity index is 878. The van der Waals surface area contributed by atoms with E-state index in [9.17, 15) is 9.59 Å². The van der Waals surface area contributed by atoms with E-state index in [-0.39, 0.29) is 24.5 Å². The number of benzene rings is 1. The summed E-state index contributed by atoms with van der Waals surface area (Å²) >= 11 is 0. The van der Waals surface area contributed by atoms with E-state index >= 15 is 0 Å². The van der Waals surface area contributed by atoms with Crippen LogP contribution in [-0.2, 0) is 18.4 Å². The summed E-state index contributed by atoms with van der Waals surface area (Å²) in [7, 11) is 1.97. The molecule has 2 rings (SSSR count). The van der Waals surface area contributed by atoms with Crippen LogP contribution in [0.15, 0.2) is 42.6 Å². The van der Waals surface area contributed by atoms with E-state index in [0.29, 0.717) is 37.1 Å². The average molecular weight is 443 g/mol. The van der Waals surface area contributed by atoms with Gasteiger partial charge in [-0.3, -0.25) is 4.79 Å². The molecule has 0 aliphatic carbocycles. The molecule has 0 radical (unpaired) electrons. The Kier molecular flexibility index (Phi) is 9.62. The molecule has 7 nitrogen and oxygen atoms in total. The zero-order valence-electron chi connectivity index (χ0n) is 20.3. The number of carbonyl (C=O) groups is 2. The Hall–Kier alpha value is -2.96. The molecular formula is C25H38N4O3. The van der Waals surface area contributed by atoms with Crippen LogP contribution in [0.25, 0.3) is 0 Å². The largest absolute Gasteiger partial charge is 0.492 e. The number of amides is 3. The molecule has 1 heterocycles. The van der Waals surface area contributed by atoms with E-state index in [4.69, 9.17) is 4.74 Å². The molecular weight excluding hydrogens is 404 g/mol. The number of hydrogen-bond acceptors (Lipinski definition) is 3. The minimum absolute atomic E-state index is 0.0226. The predicted molar refractivity (Wildman–Crippen MR) is 129 cm³/mol. The van der Waals surface area contributed by atoms with Gasteiger partial charge in [-0.25, -0.2) is 4.79 Å². The molecule has 7 heteroatoms. The molecule has 1 atom stereocenters. The second-order valence-electron chi connectivity index (χ2n) is 8.52. The van der Waals surface area contributed by atoms with Crippen LogP contribution in [0.4, 0.5) is 10.5 Å². The average Bonchev–Trinajstić information content (AvgIpc) is 3.16. The number of anilines is 1. The number of ether oxygens (including phenoxy) is 1. The van der Waals surface area contributed by atoms with E-state index in [2.05, 4.69) is 19.2 Å². The fourth-order valence-corrected chi connectivity index (χ4v) is 3.48. The highest BCUT2D eigenvalue weighted by Gasteiger charge is 2.26. The van der Waals surface area contributed by atoms with E-state index < -0.39 is 0 Å². The van der Waals surface area contributed by atoms with Crippen LogP contribution in [0.2, 0.25) is 0 Å². The van der Waals surface area contributed by atoms with Crippen molar-refractivity contribution in [2.75, 3.05) is 25.0 Å². The van der Waals surface area contributed by atoms with Crippen molar-refractivity contribution in [3.63, 3.8) is 0 Å². The lowest BCUT2D eigenvalue weighted by Crippen LogP contribution is -2.48. The number of aromatic nitrogens is 1. The van der Waals surface area contributed by atoms with Gasteiger partial charge in [0.15, 0.2) is 0 Å². The maximum absolute atomic E-state index is 13.3. The normalized spacial score (nSPS) is 11.8. The second-order valence-corrected chi connectivity index (χ2v) is 8.52. The van der Waals surface area contributed by atoms with Crippen molar-refractivity contribution in [2.45, 2.75) is 53.6 Å². The molecule has 32 heavy (non-hydrogen) atoms. The third-order valence-electron chi connectivity index (χ3n) is 5.46. The minimum atomic E-state index is -0.303. The zero-order chi connectivity index (χ0) is 23.7. The molecule has 1 unspecified atom stereocenters. The predicted octanol–water partition coefficient (Wildman–Crippen LogP) is 4.74. The van der Waals surface area contributed by atoms with Crippen LogP contribution in [-0.4, -0.2) is 52.0 Å². The lowest BCUT2D eigenvalue weighted by atomic mass is 10.2. The topological polar surface area (TPSA) is 66.8 Å². The first-order valence-electron chi connectivity index (χ1n) is 11.4. The maximum atomic E-state index is 13.3. The van der Waals surface area contributed by atoms with Gasteiger partial charge in [-0.2, -0.15) is 0 Å². The van der Waals surface area contributed by atoms with Gasteiger partial charge in [0.1, 0.15) is 12.3 Å². The number of rotatable bonds is 11. The van der Waals surface area contributed by atoms with Crippen molar-refractivity contribution in [1.29, 1.82) is 0 Å². The van der Waals surface area contributed by atoms with Crippen LogP contribution in [0.5, 0.6) is 5.75 Å². The number of carbonyl (C=O) groups excluding carboxylic acids is 2. The standard InChI is InChI=1S/C25H38N4O3/c1-7-20(5)29(25(31)26-22-13-9-10-14-23(22)32-8-2)18-24(30)28(16-19(3)4)17-21-12-11-15-27(21)6/h9-15,19-20H,7-8,16-18H2,1-6H3,(H,26,31). The SMILES string of the molecule is CCOc1ccccc1NC(=O)N(CC(=O)N(Cc1cccn1C)CC(C)C)C(C)CC. The Morgan fingerprint density at radius 1 is 1.09 bits per heavy atom. The van der Waals surface area contributed by atoms with E-state index in [0.717, 1.165) is 12.1 Å². The smallest absolute Gasteiger partial charge is 0.322 e. The molecule has 0 spiro atoms. The van der Waals surface area contributed by atoms with E-state index in [1.807, 2.05) is 73.8 Å². The Morgan fingerprint density at radius 3 is 2.41 bits per heavy atom. The fraction of sp³-hybridized carbons (Fsp3) is 0.520. The maximum Gasteiger partial charge on any atom is 0.322 e. The minimum Gasteiger partial charge on any atom is -0.492 e. The highest BCUT2D eigenvalue weighted by atomic mass is 16.5. The molecule has 0 saturated heterocycles. The highest BCUT2D eigenvalue weighted by Crippen LogP contribution is 2.24. The van der Waals surface area contributed by atoms with E-state index in [1.165, 1.54) is 0 Å². The number of aryl methyl sites for hydroxylation is 1. The molecule has 1 aromatic carbocycles. The molecule has 0 bridgehead atoms. The van der Waals surface area contributed by atoms with E-state index in [1.54, 1.807) is 11.0 Å². The lowest BCUT2D eigenvalue weighted by molar-refractivity contribution is -0.133. The monoisotopic (exact) mass is 442 g/mol. The Balaban J connectivity index is 2.19. The highest BCUT2D eigenvalue weighted by molar-refractivity contribution is 5.93. The summed E-state index contributed by atoms with van der Waals surface area (Å²) in [5.74, 6) is 0.875. The second kappa shape index (κ2) is 12.2. The lowest BCUT2D eigenvalue weighted by Gasteiger charge is -2.32. The van der Waals surface area contributed by atoms with Gasteiger partial charge in [0.2, 0.25) is 5.91 Å². The number of nitrogens with zero attached hydrogens (tertiary/aromatic N) is 3. The molecule has 1 aromatic heterocycles. The zero-order valence-corrected chi connectivity index (χ0v) is 20.3. The van der Waals surface area contributed by atoms with Crippen LogP contribution < -0.4 is 10.1 Å². The number of urea groups is 1. The van der Waals surface area contributed by atoms with Gasteiger partial charge in [-0.15, -0.1) is 0 Å². The molecule has 3 amide bonds. The third-order valence-corrected chi connectivity index (χ3v) is 5.46. The number of nitrogens with one attached hydrogen (secondary N) is 1. The van der Waals surface area contributed by atoms with Crippen molar-refractivity contribution >= 4 is 17.6 Å². The molecule has 0 saturated carbocycles. The Morgan fingerprint density at radius 2 is 1.81 bits per heavy atom. The first-order chi connectivity index (χ1) is 15.3. The van der Waals surface area contributed by atoms with Gasteiger partial charge in [0, 0.05) is 31.5 Å². The quantitative estimate of drug-likeness (QED) is 0.547. The summed E-state index contributed by atoms with van der Waals surface area (Å²) in [6, 6.07) is 10.9. The molecule has 0 fully saturated rings. The van der Waals surface area contributed by atoms with Gasteiger partial charge < -0.3 is 24.4 Å². The first kappa shape index (κ1) is 25.3.